The Bertz CT molecular complexity index is 1100. The summed E-state index contributed by atoms with van der Waals surface area (Å²) < 4.78 is 33.6. The van der Waals surface area contributed by atoms with E-state index in [0.717, 1.165) is 24.2 Å². The highest BCUT2D eigenvalue weighted by Gasteiger charge is 2.43. The van der Waals surface area contributed by atoms with Crippen molar-refractivity contribution in [3.05, 3.63) is 66.3 Å². The van der Waals surface area contributed by atoms with Gasteiger partial charge in [-0.1, -0.05) is 24.1 Å². The number of nitrogens with zero attached hydrogens (tertiary/aromatic N) is 5. The van der Waals surface area contributed by atoms with Gasteiger partial charge in [0.15, 0.2) is 5.82 Å². The van der Waals surface area contributed by atoms with Crippen LogP contribution in [0.4, 0.5) is 0 Å². The third-order valence-electron chi connectivity index (χ3n) is 6.17. The molecule has 9 heteroatoms. The molecule has 0 aromatic carbocycles. The number of sulfonamides is 1. The van der Waals surface area contributed by atoms with Gasteiger partial charge in [-0.25, -0.2) is 8.42 Å². The van der Waals surface area contributed by atoms with Crippen molar-refractivity contribution in [3.63, 3.8) is 0 Å². The average Bonchev–Trinajstić information content (AvgIpc) is 3.55. The second-order valence-electron chi connectivity index (χ2n) is 7.98. The van der Waals surface area contributed by atoms with E-state index >= 15 is 0 Å². The molecule has 1 aliphatic carbocycles. The third-order valence-corrected chi connectivity index (χ3v) is 7.98. The molecule has 8 nitrogen and oxygen atoms in total. The summed E-state index contributed by atoms with van der Waals surface area (Å²) in [5.41, 5.74) is 0.965. The predicted molar refractivity (Wildman–Crippen MR) is 108 cm³/mol. The van der Waals surface area contributed by atoms with Gasteiger partial charge in [-0.2, -0.15) is 9.29 Å². The Kier molecular flexibility index (Phi) is 5.08. The highest BCUT2D eigenvalue weighted by molar-refractivity contribution is 7.89. The summed E-state index contributed by atoms with van der Waals surface area (Å²) in [6.07, 6.45) is 11.0. The summed E-state index contributed by atoms with van der Waals surface area (Å²) in [4.78, 5) is 13.1. The van der Waals surface area contributed by atoms with Gasteiger partial charge in [0, 0.05) is 49.7 Å². The molecule has 3 aromatic rings. The lowest BCUT2D eigenvalue weighted by Gasteiger charge is -2.16. The van der Waals surface area contributed by atoms with Crippen molar-refractivity contribution in [2.45, 2.75) is 48.3 Å². The standard InChI is InChI=1S/C21H23N5O3S/c27-30(28,17-8-4-10-23-12-17)26-13-18(16-7-3-9-22-11-16)19(14-26)21-24-20(25-29-21)15-5-1-2-6-15/h3-4,7-12,15,18-19H,1-2,5-6,13-14H2. The summed E-state index contributed by atoms with van der Waals surface area (Å²) in [7, 11) is -3.67. The minimum atomic E-state index is -3.67. The predicted octanol–water partition coefficient (Wildman–Crippen LogP) is 3.09. The van der Waals surface area contributed by atoms with Crippen LogP contribution < -0.4 is 0 Å². The van der Waals surface area contributed by atoms with E-state index in [-0.39, 0.29) is 23.3 Å². The first kappa shape index (κ1) is 19.3. The molecular formula is C21H23N5O3S. The molecular weight excluding hydrogens is 402 g/mol. The van der Waals surface area contributed by atoms with Gasteiger partial charge in [0.1, 0.15) is 4.90 Å². The molecule has 1 aliphatic heterocycles. The fourth-order valence-electron chi connectivity index (χ4n) is 4.54. The average molecular weight is 426 g/mol. The molecule has 0 N–H and O–H groups in total. The summed E-state index contributed by atoms with van der Waals surface area (Å²) in [5, 5.41) is 4.24. The normalized spacial score (nSPS) is 23.2. The molecule has 4 heterocycles. The van der Waals surface area contributed by atoms with E-state index in [2.05, 4.69) is 15.1 Å². The Morgan fingerprint density at radius 1 is 0.967 bits per heavy atom. The number of aromatic nitrogens is 4. The molecule has 0 bridgehead atoms. The molecule has 0 amide bonds. The minimum absolute atomic E-state index is 0.109. The Morgan fingerprint density at radius 3 is 2.40 bits per heavy atom. The van der Waals surface area contributed by atoms with Gasteiger partial charge in [0.2, 0.25) is 15.9 Å². The Balaban J connectivity index is 1.48. The van der Waals surface area contributed by atoms with E-state index in [9.17, 15) is 8.42 Å². The van der Waals surface area contributed by atoms with Crippen molar-refractivity contribution >= 4 is 10.0 Å². The van der Waals surface area contributed by atoms with E-state index in [1.165, 1.54) is 23.3 Å². The van der Waals surface area contributed by atoms with Crippen molar-refractivity contribution < 1.29 is 12.9 Å². The summed E-state index contributed by atoms with van der Waals surface area (Å²) in [6.45, 7) is 0.609. The zero-order valence-electron chi connectivity index (χ0n) is 16.5. The molecule has 3 aromatic heterocycles. The maximum absolute atomic E-state index is 13.2. The van der Waals surface area contributed by atoms with E-state index in [1.54, 1.807) is 30.7 Å². The zero-order chi connectivity index (χ0) is 20.6. The van der Waals surface area contributed by atoms with Crippen LogP contribution in [0.5, 0.6) is 0 Å². The number of hydrogen-bond donors (Lipinski definition) is 0. The van der Waals surface area contributed by atoms with Crippen LogP contribution >= 0.6 is 0 Å². The molecule has 0 radical (unpaired) electrons. The molecule has 30 heavy (non-hydrogen) atoms. The smallest absolute Gasteiger partial charge is 0.244 e. The van der Waals surface area contributed by atoms with E-state index in [1.807, 2.05) is 12.1 Å². The van der Waals surface area contributed by atoms with E-state index in [0.29, 0.717) is 18.4 Å². The third kappa shape index (κ3) is 3.52. The molecule has 2 atom stereocenters. The Hall–Kier alpha value is -2.65. The SMILES string of the molecule is O=S(=O)(c1cccnc1)N1CC(c2cccnc2)C(c2nc(C3CCCC3)no2)C1. The largest absolute Gasteiger partial charge is 0.339 e. The van der Waals surface area contributed by atoms with Crippen molar-refractivity contribution in [1.82, 2.24) is 24.4 Å². The highest BCUT2D eigenvalue weighted by Crippen LogP contribution is 2.42. The molecule has 2 fully saturated rings. The number of hydrogen-bond acceptors (Lipinski definition) is 7. The minimum Gasteiger partial charge on any atom is -0.339 e. The summed E-state index contributed by atoms with van der Waals surface area (Å²) in [6, 6.07) is 7.03. The van der Waals surface area contributed by atoms with Gasteiger partial charge in [-0.3, -0.25) is 9.97 Å². The molecule has 156 valence electrons. The highest BCUT2D eigenvalue weighted by atomic mass is 32.2. The molecule has 2 aliphatic rings. The first-order valence-corrected chi connectivity index (χ1v) is 11.7. The second kappa shape index (κ2) is 7.88. The van der Waals surface area contributed by atoms with E-state index < -0.39 is 10.0 Å². The van der Waals surface area contributed by atoms with Crippen LogP contribution in [0, 0.1) is 0 Å². The molecule has 5 rings (SSSR count). The van der Waals surface area contributed by atoms with E-state index in [4.69, 9.17) is 9.51 Å². The second-order valence-corrected chi connectivity index (χ2v) is 9.92. The zero-order valence-corrected chi connectivity index (χ0v) is 17.3. The first-order valence-electron chi connectivity index (χ1n) is 10.3. The molecule has 2 unspecified atom stereocenters. The lowest BCUT2D eigenvalue weighted by atomic mass is 9.90. The molecule has 1 saturated heterocycles. The number of rotatable bonds is 5. The summed E-state index contributed by atoms with van der Waals surface area (Å²) >= 11 is 0. The molecule has 1 saturated carbocycles. The Morgan fingerprint density at radius 2 is 1.70 bits per heavy atom. The maximum Gasteiger partial charge on any atom is 0.244 e. The van der Waals surface area contributed by atoms with Gasteiger partial charge in [-0.15, -0.1) is 0 Å². The van der Waals surface area contributed by atoms with Crippen molar-refractivity contribution in [2.75, 3.05) is 13.1 Å². The van der Waals surface area contributed by atoms with Gasteiger partial charge in [0.25, 0.3) is 0 Å². The van der Waals surface area contributed by atoms with Crippen LogP contribution in [-0.2, 0) is 10.0 Å². The molecule has 0 spiro atoms. The van der Waals surface area contributed by atoms with Crippen molar-refractivity contribution in [2.24, 2.45) is 0 Å². The van der Waals surface area contributed by atoms with Crippen LogP contribution in [0.1, 0.15) is 60.7 Å². The fourth-order valence-corrected chi connectivity index (χ4v) is 6.00. The first-order chi connectivity index (χ1) is 14.6. The lowest BCUT2D eigenvalue weighted by Crippen LogP contribution is -2.29. The van der Waals surface area contributed by atoms with Crippen LogP contribution in [0.2, 0.25) is 0 Å². The van der Waals surface area contributed by atoms with Crippen molar-refractivity contribution in [1.29, 1.82) is 0 Å². The van der Waals surface area contributed by atoms with Crippen molar-refractivity contribution in [3.8, 4) is 0 Å². The van der Waals surface area contributed by atoms with Crippen LogP contribution in [0.3, 0.4) is 0 Å². The number of pyridine rings is 2. The maximum atomic E-state index is 13.2. The van der Waals surface area contributed by atoms with Gasteiger partial charge in [-0.05, 0) is 36.6 Å². The van der Waals surface area contributed by atoms with Gasteiger partial charge >= 0.3 is 0 Å². The topological polar surface area (TPSA) is 102 Å². The van der Waals surface area contributed by atoms with Gasteiger partial charge in [0.05, 0.1) is 5.92 Å². The monoisotopic (exact) mass is 425 g/mol. The lowest BCUT2D eigenvalue weighted by molar-refractivity contribution is 0.342. The van der Waals surface area contributed by atoms with Crippen LogP contribution in [-0.4, -0.2) is 45.9 Å². The quantitative estimate of drug-likeness (QED) is 0.619. The van der Waals surface area contributed by atoms with Crippen LogP contribution in [0.15, 0.2) is 58.5 Å². The summed E-state index contributed by atoms with van der Waals surface area (Å²) in [5.74, 6) is 1.27. The van der Waals surface area contributed by atoms with Crippen LogP contribution in [0.25, 0.3) is 0 Å². The Labute approximate surface area is 175 Å². The van der Waals surface area contributed by atoms with Gasteiger partial charge < -0.3 is 4.52 Å². The fraction of sp³-hybridized carbons (Fsp3) is 0.429.